The monoisotopic (exact) mass is 1380 g/mol. The Bertz CT molecular complexity index is 7080. The third-order valence-corrected chi connectivity index (χ3v) is 25.9. The number of nitrogens with one attached hydrogen (secondary N) is 1. The van der Waals surface area contributed by atoms with Gasteiger partial charge in [-0.3, -0.25) is 0 Å². The zero-order valence-corrected chi connectivity index (χ0v) is 58.5. The first-order valence-corrected chi connectivity index (χ1v) is 37.7. The van der Waals surface area contributed by atoms with Gasteiger partial charge in [-0.25, -0.2) is 0 Å². The quantitative estimate of drug-likeness (QED) is 0.177. The summed E-state index contributed by atoms with van der Waals surface area (Å²) in [5.41, 5.74) is 26.3. The minimum atomic E-state index is -0.345. The maximum Gasteiger partial charge on any atom is 0.268 e. The zero-order valence-electron chi connectivity index (χ0n) is 56.9. The topological polar surface area (TPSA) is 67.0 Å². The maximum atomic E-state index is 7.85. The van der Waals surface area contributed by atoms with Crippen LogP contribution in [0.3, 0.4) is 0 Å². The van der Waals surface area contributed by atoms with Crippen LogP contribution in [0.4, 0.5) is 28.4 Å². The number of aryl methyl sites for hydroxylation is 3. The minimum absolute atomic E-state index is 0.184. The van der Waals surface area contributed by atoms with E-state index in [1.54, 1.807) is 0 Å². The molecule has 0 saturated carbocycles. The van der Waals surface area contributed by atoms with Crippen LogP contribution in [0, 0.1) is 20.8 Å². The van der Waals surface area contributed by atoms with Crippen molar-refractivity contribution in [1.29, 1.82) is 0 Å². The van der Waals surface area contributed by atoms with Crippen LogP contribution in [0.1, 0.15) is 16.7 Å². The fraction of sp³-hybridized carbons (Fsp3) is 0.0330. The Morgan fingerprint density at radius 1 is 0.305 bits per heavy atom. The van der Waals surface area contributed by atoms with E-state index >= 15 is 0 Å². The molecule has 105 heavy (non-hydrogen) atoms. The molecule has 6 aliphatic rings. The van der Waals surface area contributed by atoms with Crippen molar-refractivity contribution in [1.82, 2.24) is 13.7 Å². The molecule has 5 aromatic heterocycles. The number of para-hydroxylation sites is 6. The van der Waals surface area contributed by atoms with Gasteiger partial charge in [0.25, 0.3) is 20.1 Å². The summed E-state index contributed by atoms with van der Waals surface area (Å²) in [7, 11) is 0. The van der Waals surface area contributed by atoms with Gasteiger partial charge in [0.2, 0.25) is 0 Å². The van der Waals surface area contributed by atoms with Crippen LogP contribution >= 0.6 is 22.7 Å². The van der Waals surface area contributed by atoms with Gasteiger partial charge in [0.05, 0.1) is 55.8 Å². The summed E-state index contributed by atoms with van der Waals surface area (Å²) in [6.07, 6.45) is 0. The Kier molecular flexibility index (Phi) is 11.1. The van der Waals surface area contributed by atoms with E-state index < -0.39 is 0 Å². The number of nitrogens with zero attached hydrogens (tertiary/aromatic N) is 4. The van der Waals surface area contributed by atoms with E-state index in [9.17, 15) is 0 Å². The molecule has 0 fully saturated rings. The maximum absolute atomic E-state index is 7.85. The molecule has 19 aromatic rings. The van der Waals surface area contributed by atoms with Crippen molar-refractivity contribution in [3.63, 3.8) is 0 Å². The van der Waals surface area contributed by atoms with E-state index in [4.69, 9.17) is 18.9 Å². The predicted octanol–water partition coefficient (Wildman–Crippen LogP) is 18.1. The number of hydrogen-bond donors (Lipinski definition) is 1. The van der Waals surface area contributed by atoms with Gasteiger partial charge in [-0.05, 0) is 137 Å². The molecular formula is C91H54B3N5O4S2. The second-order valence-corrected chi connectivity index (χ2v) is 31.3. The standard InChI is InChI=1S/C91H54B3N5O4S2/c1-48-36-49(2)87(50(3)37-48)99-74-47-77-65(45-63(74)94-85-75(99)39-52(41-79(85)103-89-61-27-11-19-35-83(61)105-91(89)94)97-70-30-14-6-22-56(70)57-23-7-15-31-71(57)97)92-64-44-62-66(46-76(64)100-80-42-53(43-81(101-77)86(80)92)98-72-32-16-8-24-58(72)59-25-9-17-33-73(59)98)95-67-38-51(96-68-28-12-4-20-54(68)55-21-5-13-29-69(55)96)40-78-84(67)93(62)90-88(102-78)60-26-10-18-34-82(60)104-90/h4-47,95H,1-3H3. The molecule has 11 heterocycles. The van der Waals surface area contributed by atoms with E-state index in [0.29, 0.717) is 0 Å². The van der Waals surface area contributed by atoms with Crippen LogP contribution in [-0.2, 0) is 0 Å². The van der Waals surface area contributed by atoms with Gasteiger partial charge >= 0.3 is 0 Å². The Labute approximate surface area is 610 Å². The van der Waals surface area contributed by atoms with Gasteiger partial charge < -0.3 is 42.9 Å². The highest BCUT2D eigenvalue weighted by molar-refractivity contribution is 7.34. The number of rotatable bonds is 4. The molecule has 0 amide bonds. The number of aromatic nitrogens is 3. The van der Waals surface area contributed by atoms with Crippen molar-refractivity contribution in [2.75, 3.05) is 10.2 Å². The molecule has 0 atom stereocenters. The molecule has 0 spiro atoms. The van der Waals surface area contributed by atoms with Crippen LogP contribution in [0.25, 0.3) is 103 Å². The first-order valence-electron chi connectivity index (χ1n) is 36.0. The van der Waals surface area contributed by atoms with Crippen LogP contribution in [0.2, 0.25) is 0 Å². The van der Waals surface area contributed by atoms with E-state index in [2.05, 4.69) is 312 Å². The number of hydrogen-bond acceptors (Lipinski definition) is 8. The normalized spacial score (nSPS) is 13.8. The third-order valence-electron chi connectivity index (χ3n) is 23.4. The number of fused-ring (bicyclic) bond motifs is 25. The molecule has 1 N–H and O–H groups in total. The Hall–Kier alpha value is -12.6. The van der Waals surface area contributed by atoms with Gasteiger partial charge in [0, 0.05) is 127 Å². The molecule has 9 nitrogen and oxygen atoms in total. The van der Waals surface area contributed by atoms with Crippen molar-refractivity contribution >= 4 is 205 Å². The summed E-state index contributed by atoms with van der Waals surface area (Å²) in [6.45, 7) is 5.99. The lowest BCUT2D eigenvalue weighted by Crippen LogP contribution is -2.63. The van der Waals surface area contributed by atoms with Crippen molar-refractivity contribution in [3.8, 4) is 63.1 Å². The molecule has 25 rings (SSSR count). The van der Waals surface area contributed by atoms with Crippen LogP contribution in [0.15, 0.2) is 267 Å². The van der Waals surface area contributed by atoms with Crippen molar-refractivity contribution < 1.29 is 18.9 Å². The third kappa shape index (κ3) is 7.53. The van der Waals surface area contributed by atoms with Gasteiger partial charge in [0.15, 0.2) is 0 Å². The highest BCUT2D eigenvalue weighted by Crippen LogP contribution is 2.51. The Morgan fingerprint density at radius 2 is 0.695 bits per heavy atom. The molecule has 0 saturated heterocycles. The van der Waals surface area contributed by atoms with E-state index in [0.717, 1.165) is 168 Å². The minimum Gasteiger partial charge on any atom is -0.458 e. The SMILES string of the molecule is Cc1cc(C)c(N2c3cc4c(cc3B3c5sc6ccccc6c5Oc5cc(-n6c7ccccc7c7ccccc76)cc2c53)B2c3cc5c(cc3Oc3cc(-n6c7ccccc7c7ccccc76)cc(c32)O4)Nc2cc(-n3c4ccccc4c4ccccc43)cc3c2B5c2sc4ccccc4c2O3)c(C)c1. The lowest BCUT2D eigenvalue weighted by molar-refractivity contribution is 0.464. The van der Waals surface area contributed by atoms with Crippen LogP contribution in [0.5, 0.6) is 46.0 Å². The smallest absolute Gasteiger partial charge is 0.268 e. The summed E-state index contributed by atoms with van der Waals surface area (Å²) in [5.74, 6) is 6.60. The van der Waals surface area contributed by atoms with Gasteiger partial charge in [-0.15, -0.1) is 22.7 Å². The molecule has 0 aliphatic carbocycles. The number of benzene rings is 14. The summed E-state index contributed by atoms with van der Waals surface area (Å²) >= 11 is 3.68. The number of thiophene rings is 2. The van der Waals surface area contributed by atoms with Gasteiger partial charge in [-0.2, -0.15) is 0 Å². The molecule has 6 aliphatic heterocycles. The molecule has 488 valence electrons. The predicted molar refractivity (Wildman–Crippen MR) is 439 cm³/mol. The second-order valence-electron chi connectivity index (χ2n) is 29.2. The first-order chi connectivity index (χ1) is 51.8. The largest absolute Gasteiger partial charge is 0.458 e. The molecular weight excluding hydrogens is 1320 g/mol. The summed E-state index contributed by atoms with van der Waals surface area (Å²) in [4.78, 5) is 2.56. The highest BCUT2D eigenvalue weighted by atomic mass is 32.1. The molecule has 0 radical (unpaired) electrons. The van der Waals surface area contributed by atoms with E-state index in [1.165, 1.54) is 73.4 Å². The number of ether oxygens (including phenoxy) is 4. The fourth-order valence-corrected chi connectivity index (χ4v) is 21.9. The number of anilines is 5. The summed E-state index contributed by atoms with van der Waals surface area (Å²) < 4.78 is 42.5. The lowest BCUT2D eigenvalue weighted by atomic mass is 9.31. The van der Waals surface area contributed by atoms with Crippen molar-refractivity contribution in [2.24, 2.45) is 0 Å². The van der Waals surface area contributed by atoms with E-state index in [-0.39, 0.29) is 20.1 Å². The summed E-state index contributed by atoms with van der Waals surface area (Å²) in [5, 5.41) is 13.5. The highest BCUT2D eigenvalue weighted by Gasteiger charge is 2.50. The van der Waals surface area contributed by atoms with Crippen molar-refractivity contribution in [3.05, 3.63) is 284 Å². The second kappa shape index (κ2) is 20.4. The zero-order chi connectivity index (χ0) is 68.5. The van der Waals surface area contributed by atoms with E-state index in [1.807, 2.05) is 22.7 Å². The average Bonchev–Trinajstić information content (AvgIpc) is 1.64. The Morgan fingerprint density at radius 3 is 1.18 bits per heavy atom. The summed E-state index contributed by atoms with van der Waals surface area (Å²) in [6, 6.07) is 98.3. The lowest BCUT2D eigenvalue weighted by Gasteiger charge is -2.42. The van der Waals surface area contributed by atoms with Gasteiger partial charge in [0.1, 0.15) is 46.0 Å². The van der Waals surface area contributed by atoms with Crippen LogP contribution in [-0.4, -0.2) is 33.8 Å². The first kappa shape index (κ1) is 57.0. The van der Waals surface area contributed by atoms with Gasteiger partial charge in [-0.1, -0.05) is 163 Å². The molecule has 0 unspecified atom stereocenters. The van der Waals surface area contributed by atoms with Crippen molar-refractivity contribution in [2.45, 2.75) is 20.8 Å². The Balaban J connectivity index is 0.759. The molecule has 14 aromatic carbocycles. The molecule has 0 bridgehead atoms. The van der Waals surface area contributed by atoms with Crippen LogP contribution < -0.4 is 77.0 Å². The average molecular weight is 1380 g/mol. The molecule has 14 heteroatoms. The fourth-order valence-electron chi connectivity index (χ4n) is 19.4.